The summed E-state index contributed by atoms with van der Waals surface area (Å²) in [5.41, 5.74) is 2.78. The fourth-order valence-electron chi connectivity index (χ4n) is 4.17. The molecule has 1 aliphatic rings. The van der Waals surface area contributed by atoms with Crippen LogP contribution in [0.3, 0.4) is 0 Å². The summed E-state index contributed by atoms with van der Waals surface area (Å²) >= 11 is 0. The summed E-state index contributed by atoms with van der Waals surface area (Å²) in [5, 5.41) is 15.5. The van der Waals surface area contributed by atoms with E-state index in [1.807, 2.05) is 43.3 Å². The minimum atomic E-state index is -1.17. The lowest BCUT2D eigenvalue weighted by Gasteiger charge is -2.37. The van der Waals surface area contributed by atoms with Crippen molar-refractivity contribution >= 4 is 5.78 Å². The zero-order valence-electron chi connectivity index (χ0n) is 16.2. The zero-order valence-corrected chi connectivity index (χ0v) is 16.2. The number of Topliss-reactive ketones (excluding diaryl/α,β-unsaturated/α-hetero) is 1. The van der Waals surface area contributed by atoms with E-state index in [4.69, 9.17) is 0 Å². The molecule has 2 aromatic carbocycles. The van der Waals surface area contributed by atoms with Gasteiger partial charge in [-0.1, -0.05) is 81.3 Å². The van der Waals surface area contributed by atoms with Crippen LogP contribution in [0.4, 0.5) is 0 Å². The number of carbonyl (C=O) groups is 1. The second-order valence-electron chi connectivity index (χ2n) is 7.25. The van der Waals surface area contributed by atoms with Gasteiger partial charge >= 0.3 is 0 Å². The average molecular weight is 364 g/mol. The summed E-state index contributed by atoms with van der Waals surface area (Å²) in [6.07, 6.45) is 4.86. The largest absolute Gasteiger partial charge is 0.379 e. The number of hydrogen-bond donors (Lipinski definition) is 2. The number of unbranched alkanes of at least 4 members (excludes halogenated alkanes) is 1. The van der Waals surface area contributed by atoms with Crippen molar-refractivity contribution in [2.75, 3.05) is 0 Å². The van der Waals surface area contributed by atoms with Crippen molar-refractivity contribution in [1.29, 1.82) is 0 Å². The van der Waals surface area contributed by atoms with Crippen LogP contribution >= 0.6 is 0 Å². The number of fused-ring (bicyclic) bond motifs is 3. The molecule has 0 amide bonds. The van der Waals surface area contributed by atoms with Crippen LogP contribution < -0.4 is 5.32 Å². The van der Waals surface area contributed by atoms with Gasteiger partial charge in [0, 0.05) is 12.5 Å². The van der Waals surface area contributed by atoms with Gasteiger partial charge in [0.15, 0.2) is 5.78 Å². The summed E-state index contributed by atoms with van der Waals surface area (Å²) in [6, 6.07) is 15.3. The Hall–Kier alpha value is -2.23. The first-order valence-corrected chi connectivity index (χ1v) is 9.90. The molecule has 0 saturated carbocycles. The fraction of sp³-hybridized carbons (Fsp3) is 0.375. The molecule has 3 heteroatoms. The highest BCUT2D eigenvalue weighted by molar-refractivity contribution is 5.86. The first kappa shape index (κ1) is 19.5. The molecular formula is C24H29NO2. The van der Waals surface area contributed by atoms with E-state index in [9.17, 15) is 9.90 Å². The summed E-state index contributed by atoms with van der Waals surface area (Å²) in [5.74, 6) is 0.0923. The second-order valence-corrected chi connectivity index (χ2v) is 7.25. The van der Waals surface area contributed by atoms with Crippen LogP contribution in [0.5, 0.6) is 0 Å². The molecule has 0 aliphatic heterocycles. The van der Waals surface area contributed by atoms with Crippen LogP contribution in [0.2, 0.25) is 0 Å². The van der Waals surface area contributed by atoms with Gasteiger partial charge in [0.05, 0.1) is 6.04 Å². The summed E-state index contributed by atoms with van der Waals surface area (Å²) in [7, 11) is 0. The van der Waals surface area contributed by atoms with E-state index in [1.54, 1.807) is 6.08 Å². The van der Waals surface area contributed by atoms with Gasteiger partial charge in [-0.15, -0.1) is 6.58 Å². The Bertz CT molecular complexity index is 781. The molecule has 0 aromatic heterocycles. The quantitative estimate of drug-likeness (QED) is 0.641. The maximum Gasteiger partial charge on any atom is 0.153 e. The van der Waals surface area contributed by atoms with E-state index in [2.05, 4.69) is 31.0 Å². The molecule has 0 spiro atoms. The Morgan fingerprint density at radius 3 is 2.15 bits per heavy atom. The van der Waals surface area contributed by atoms with Gasteiger partial charge in [-0.05, 0) is 28.7 Å². The van der Waals surface area contributed by atoms with E-state index in [-0.39, 0.29) is 11.8 Å². The maximum atomic E-state index is 12.3. The van der Waals surface area contributed by atoms with Gasteiger partial charge in [0.2, 0.25) is 0 Å². The van der Waals surface area contributed by atoms with Crippen molar-refractivity contribution in [1.82, 2.24) is 5.32 Å². The van der Waals surface area contributed by atoms with Gasteiger partial charge in [-0.25, -0.2) is 0 Å². The molecule has 0 saturated heterocycles. The van der Waals surface area contributed by atoms with Crippen LogP contribution in [-0.2, 0) is 10.4 Å². The van der Waals surface area contributed by atoms with E-state index in [0.717, 1.165) is 41.5 Å². The Kier molecular flexibility index (Phi) is 5.93. The molecule has 1 aliphatic carbocycles. The van der Waals surface area contributed by atoms with Crippen molar-refractivity contribution < 1.29 is 9.90 Å². The number of ketones is 1. The lowest BCUT2D eigenvalue weighted by atomic mass is 9.81. The van der Waals surface area contributed by atoms with E-state index >= 15 is 0 Å². The normalized spacial score (nSPS) is 16.3. The summed E-state index contributed by atoms with van der Waals surface area (Å²) < 4.78 is 0. The molecule has 2 N–H and O–H groups in total. The highest BCUT2D eigenvalue weighted by Gasteiger charge is 2.47. The van der Waals surface area contributed by atoms with Crippen molar-refractivity contribution in [3.8, 4) is 11.1 Å². The number of rotatable bonds is 9. The minimum Gasteiger partial charge on any atom is -0.379 e. The molecule has 2 atom stereocenters. The molecule has 3 rings (SSSR count). The van der Waals surface area contributed by atoms with Crippen molar-refractivity contribution in [3.63, 3.8) is 0 Å². The molecule has 2 unspecified atom stereocenters. The number of hydrogen-bond acceptors (Lipinski definition) is 3. The highest BCUT2D eigenvalue weighted by atomic mass is 16.3. The minimum absolute atomic E-state index is 0.0923. The maximum absolute atomic E-state index is 12.3. The molecule has 0 fully saturated rings. The van der Waals surface area contributed by atoms with E-state index in [1.165, 1.54) is 0 Å². The molecule has 27 heavy (non-hydrogen) atoms. The first-order valence-electron chi connectivity index (χ1n) is 9.90. The van der Waals surface area contributed by atoms with Crippen LogP contribution in [-0.4, -0.2) is 23.0 Å². The molecule has 142 valence electrons. The highest BCUT2D eigenvalue weighted by Crippen LogP contribution is 2.49. The molecule has 3 nitrogen and oxygen atoms in total. The van der Waals surface area contributed by atoms with Crippen LogP contribution in [0.15, 0.2) is 61.2 Å². The Labute approximate surface area is 162 Å². The predicted molar refractivity (Wildman–Crippen MR) is 111 cm³/mol. The van der Waals surface area contributed by atoms with Crippen LogP contribution in [0.25, 0.3) is 11.1 Å². The fourth-order valence-corrected chi connectivity index (χ4v) is 4.17. The summed E-state index contributed by atoms with van der Waals surface area (Å²) in [6.45, 7) is 7.83. The number of carbonyl (C=O) groups excluding carboxylic acids is 1. The second kappa shape index (κ2) is 8.20. The Morgan fingerprint density at radius 2 is 1.67 bits per heavy atom. The third-order valence-electron chi connectivity index (χ3n) is 5.63. The standard InChI is InChI=1S/C24H29NO2/c1-4-7-16-23(25-21(5-2)22(26)6-3)24(27)19-14-10-8-12-17(19)18-13-9-11-15-20(18)24/h5,8-15,21,23,25,27H,2,4,6-7,16H2,1,3H3. The SMILES string of the molecule is C=CC(NC(CCCC)C1(O)c2ccccc2-c2ccccc21)C(=O)CC. The van der Waals surface area contributed by atoms with Crippen molar-refractivity contribution in [3.05, 3.63) is 72.3 Å². The molecule has 0 radical (unpaired) electrons. The lowest BCUT2D eigenvalue weighted by Crippen LogP contribution is -2.53. The van der Waals surface area contributed by atoms with Gasteiger partial charge < -0.3 is 5.11 Å². The molecule has 0 bridgehead atoms. The first-order chi connectivity index (χ1) is 13.1. The van der Waals surface area contributed by atoms with Crippen molar-refractivity contribution in [2.45, 2.75) is 57.2 Å². The van der Waals surface area contributed by atoms with E-state index < -0.39 is 11.6 Å². The Balaban J connectivity index is 2.10. The predicted octanol–water partition coefficient (Wildman–Crippen LogP) is 4.59. The Morgan fingerprint density at radius 1 is 1.11 bits per heavy atom. The lowest BCUT2D eigenvalue weighted by molar-refractivity contribution is -0.120. The van der Waals surface area contributed by atoms with Gasteiger partial charge in [0.25, 0.3) is 0 Å². The number of aliphatic hydroxyl groups is 1. The van der Waals surface area contributed by atoms with Gasteiger partial charge in [-0.3, -0.25) is 10.1 Å². The monoisotopic (exact) mass is 363 g/mol. The number of nitrogens with one attached hydrogen (secondary N) is 1. The third kappa shape index (κ3) is 3.38. The van der Waals surface area contributed by atoms with E-state index in [0.29, 0.717) is 6.42 Å². The zero-order chi connectivity index (χ0) is 19.4. The number of benzene rings is 2. The van der Waals surface area contributed by atoms with Crippen LogP contribution in [0, 0.1) is 0 Å². The summed E-state index contributed by atoms with van der Waals surface area (Å²) in [4.78, 5) is 12.3. The van der Waals surface area contributed by atoms with Gasteiger partial charge in [-0.2, -0.15) is 0 Å². The third-order valence-corrected chi connectivity index (χ3v) is 5.63. The topological polar surface area (TPSA) is 49.3 Å². The molecular weight excluding hydrogens is 334 g/mol. The molecule has 2 aromatic rings. The molecule has 0 heterocycles. The van der Waals surface area contributed by atoms with Gasteiger partial charge in [0.1, 0.15) is 5.60 Å². The smallest absolute Gasteiger partial charge is 0.153 e. The average Bonchev–Trinajstić information content (AvgIpc) is 2.98. The van der Waals surface area contributed by atoms with Crippen molar-refractivity contribution in [2.24, 2.45) is 0 Å². The van der Waals surface area contributed by atoms with Crippen LogP contribution in [0.1, 0.15) is 50.7 Å².